The van der Waals surface area contributed by atoms with Crippen LogP contribution in [0.3, 0.4) is 0 Å². The first kappa shape index (κ1) is 15.4. The molecule has 0 N–H and O–H groups in total. The van der Waals surface area contributed by atoms with Gasteiger partial charge < -0.3 is 0 Å². The monoisotopic (exact) mass is 224 g/mol. The lowest BCUT2D eigenvalue weighted by Gasteiger charge is -1.94. The lowest BCUT2D eigenvalue weighted by Crippen LogP contribution is -1.83. The third kappa shape index (κ3) is 13.4. The quantitative estimate of drug-likeness (QED) is 0.358. The minimum Gasteiger partial charge on any atom is -0.226 e. The van der Waals surface area contributed by atoms with Gasteiger partial charge in [0.15, 0.2) is 0 Å². The Morgan fingerprint density at radius 2 is 1.06 bits per heavy atom. The van der Waals surface area contributed by atoms with Gasteiger partial charge in [-0.15, -0.1) is 0 Å². The fraction of sp³-hybridized carbons (Fsp3) is 0.929. The smallest absolute Gasteiger partial charge is 0.0892 e. The standard InChI is InChI=1S/C14H28N2/c1-3-5-7-9-11-13-16-14-15-12-10-8-6-4-2/h3-13H2,1-2H3. The zero-order chi connectivity index (χ0) is 11.9. The average Bonchev–Trinajstić information content (AvgIpc) is 2.31. The minimum atomic E-state index is 0.902. The highest BCUT2D eigenvalue weighted by molar-refractivity contribution is 5.40. The van der Waals surface area contributed by atoms with Gasteiger partial charge in [0.1, 0.15) is 0 Å². The van der Waals surface area contributed by atoms with Gasteiger partial charge in [-0.25, -0.2) is 9.98 Å². The molecule has 0 heterocycles. The molecule has 0 bridgehead atoms. The highest BCUT2D eigenvalue weighted by atomic mass is 14.8. The molecule has 0 atom stereocenters. The van der Waals surface area contributed by atoms with Crippen LogP contribution in [-0.4, -0.2) is 19.1 Å². The maximum Gasteiger partial charge on any atom is 0.0892 e. The number of hydrogen-bond donors (Lipinski definition) is 0. The Labute approximate surface area is 101 Å². The van der Waals surface area contributed by atoms with Crippen LogP contribution in [0.5, 0.6) is 0 Å². The molecule has 0 aliphatic carbocycles. The van der Waals surface area contributed by atoms with Gasteiger partial charge in [-0.2, -0.15) is 0 Å². The second kappa shape index (κ2) is 14.4. The van der Waals surface area contributed by atoms with E-state index in [2.05, 4.69) is 29.8 Å². The van der Waals surface area contributed by atoms with Crippen molar-refractivity contribution in [2.24, 2.45) is 9.98 Å². The van der Waals surface area contributed by atoms with Gasteiger partial charge in [0.2, 0.25) is 0 Å². The third-order valence-electron chi connectivity index (χ3n) is 2.64. The minimum absolute atomic E-state index is 0.902. The Bertz CT molecular complexity index is 181. The van der Waals surface area contributed by atoms with Crippen LogP contribution in [0.15, 0.2) is 9.98 Å². The number of unbranched alkanes of at least 4 members (excludes halogenated alkanes) is 7. The maximum absolute atomic E-state index is 4.17. The fourth-order valence-electron chi connectivity index (χ4n) is 1.56. The molecular weight excluding hydrogens is 196 g/mol. The van der Waals surface area contributed by atoms with E-state index in [0.717, 1.165) is 13.1 Å². The number of aliphatic imine (C=N–C) groups is 2. The molecule has 94 valence electrons. The van der Waals surface area contributed by atoms with E-state index in [1.165, 1.54) is 57.8 Å². The molecule has 0 aromatic heterocycles. The Hall–Kier alpha value is -0.620. The van der Waals surface area contributed by atoms with Crippen LogP contribution in [0.1, 0.15) is 71.6 Å². The molecule has 0 saturated heterocycles. The van der Waals surface area contributed by atoms with E-state index < -0.39 is 0 Å². The van der Waals surface area contributed by atoms with Crippen molar-refractivity contribution in [3.63, 3.8) is 0 Å². The zero-order valence-electron chi connectivity index (χ0n) is 11.2. The van der Waals surface area contributed by atoms with Gasteiger partial charge in [0.05, 0.1) is 6.01 Å². The first-order valence-electron chi connectivity index (χ1n) is 6.99. The average molecular weight is 224 g/mol. The molecule has 0 fully saturated rings. The van der Waals surface area contributed by atoms with E-state index in [0.29, 0.717) is 0 Å². The van der Waals surface area contributed by atoms with E-state index in [-0.39, 0.29) is 0 Å². The molecule has 16 heavy (non-hydrogen) atoms. The van der Waals surface area contributed by atoms with Crippen molar-refractivity contribution in [1.29, 1.82) is 0 Å². The summed E-state index contributed by atoms with van der Waals surface area (Å²) in [4.78, 5) is 8.33. The van der Waals surface area contributed by atoms with Gasteiger partial charge in [-0.1, -0.05) is 58.8 Å². The second-order valence-electron chi connectivity index (χ2n) is 4.34. The molecule has 0 saturated carbocycles. The van der Waals surface area contributed by atoms with Gasteiger partial charge in [-0.05, 0) is 12.8 Å². The van der Waals surface area contributed by atoms with Crippen LogP contribution in [0, 0.1) is 0 Å². The lowest BCUT2D eigenvalue weighted by atomic mass is 10.2. The van der Waals surface area contributed by atoms with Crippen LogP contribution >= 0.6 is 0 Å². The summed E-state index contributed by atoms with van der Waals surface area (Å²) >= 11 is 0. The Kier molecular flexibility index (Phi) is 13.8. The van der Waals surface area contributed by atoms with Crippen molar-refractivity contribution in [3.05, 3.63) is 0 Å². The van der Waals surface area contributed by atoms with Gasteiger partial charge in [-0.3, -0.25) is 0 Å². The van der Waals surface area contributed by atoms with Crippen LogP contribution in [0.4, 0.5) is 0 Å². The van der Waals surface area contributed by atoms with E-state index >= 15 is 0 Å². The molecular formula is C14H28N2. The zero-order valence-corrected chi connectivity index (χ0v) is 11.2. The Balaban J connectivity index is 3.15. The van der Waals surface area contributed by atoms with Crippen LogP contribution in [0.2, 0.25) is 0 Å². The van der Waals surface area contributed by atoms with E-state index in [4.69, 9.17) is 0 Å². The summed E-state index contributed by atoms with van der Waals surface area (Å²) in [5.74, 6) is 0. The van der Waals surface area contributed by atoms with Crippen LogP contribution < -0.4 is 0 Å². The summed E-state index contributed by atoms with van der Waals surface area (Å²) in [6.07, 6.45) is 11.6. The highest BCUT2D eigenvalue weighted by Crippen LogP contribution is 2.01. The molecule has 0 radical (unpaired) electrons. The predicted molar refractivity (Wildman–Crippen MR) is 72.5 cm³/mol. The summed E-state index contributed by atoms with van der Waals surface area (Å²) in [6.45, 7) is 6.27. The van der Waals surface area contributed by atoms with Crippen molar-refractivity contribution in [2.75, 3.05) is 13.1 Å². The fourth-order valence-corrected chi connectivity index (χ4v) is 1.56. The molecule has 0 aliphatic heterocycles. The molecule has 0 aromatic carbocycles. The first-order valence-corrected chi connectivity index (χ1v) is 6.99. The van der Waals surface area contributed by atoms with Crippen molar-refractivity contribution >= 4 is 6.01 Å². The number of rotatable bonds is 11. The maximum atomic E-state index is 4.17. The lowest BCUT2D eigenvalue weighted by molar-refractivity contribution is 0.639. The first-order chi connectivity index (χ1) is 7.91. The summed E-state index contributed by atoms with van der Waals surface area (Å²) < 4.78 is 0. The molecule has 2 heteroatoms. The van der Waals surface area contributed by atoms with Crippen LogP contribution in [0.25, 0.3) is 0 Å². The number of hydrogen-bond acceptors (Lipinski definition) is 2. The SMILES string of the molecule is CCCCCCCN=C=NCCCCCC. The molecule has 0 aliphatic rings. The third-order valence-corrected chi connectivity index (χ3v) is 2.64. The Morgan fingerprint density at radius 3 is 1.56 bits per heavy atom. The topological polar surface area (TPSA) is 24.7 Å². The molecule has 0 amide bonds. The highest BCUT2D eigenvalue weighted by Gasteiger charge is 1.86. The van der Waals surface area contributed by atoms with E-state index in [1.807, 2.05) is 0 Å². The van der Waals surface area contributed by atoms with Crippen molar-refractivity contribution in [1.82, 2.24) is 0 Å². The van der Waals surface area contributed by atoms with E-state index in [9.17, 15) is 0 Å². The normalized spacial score (nSPS) is 9.88. The predicted octanol–water partition coefficient (Wildman–Crippen LogP) is 4.71. The Morgan fingerprint density at radius 1 is 0.625 bits per heavy atom. The molecule has 2 nitrogen and oxygen atoms in total. The van der Waals surface area contributed by atoms with Gasteiger partial charge >= 0.3 is 0 Å². The van der Waals surface area contributed by atoms with Crippen LogP contribution in [-0.2, 0) is 0 Å². The molecule has 0 unspecified atom stereocenters. The summed E-state index contributed by atoms with van der Waals surface area (Å²) in [5, 5.41) is 0. The van der Waals surface area contributed by atoms with Crippen molar-refractivity contribution in [2.45, 2.75) is 71.6 Å². The van der Waals surface area contributed by atoms with Crippen molar-refractivity contribution < 1.29 is 0 Å². The van der Waals surface area contributed by atoms with Gasteiger partial charge in [0, 0.05) is 13.1 Å². The largest absolute Gasteiger partial charge is 0.226 e. The molecule has 0 rings (SSSR count). The number of nitrogens with zero attached hydrogens (tertiary/aromatic N) is 2. The van der Waals surface area contributed by atoms with Crippen molar-refractivity contribution in [3.8, 4) is 0 Å². The molecule has 0 spiro atoms. The van der Waals surface area contributed by atoms with Gasteiger partial charge in [0.25, 0.3) is 0 Å². The summed E-state index contributed by atoms with van der Waals surface area (Å²) in [7, 11) is 0. The summed E-state index contributed by atoms with van der Waals surface area (Å²) in [6, 6.07) is 2.80. The molecule has 0 aromatic rings. The second-order valence-corrected chi connectivity index (χ2v) is 4.34. The summed E-state index contributed by atoms with van der Waals surface area (Å²) in [5.41, 5.74) is 0. The van der Waals surface area contributed by atoms with E-state index in [1.54, 1.807) is 0 Å².